The number of nitrogens with zero attached hydrogens (tertiary/aromatic N) is 1. The first-order chi connectivity index (χ1) is 15.8. The van der Waals surface area contributed by atoms with Gasteiger partial charge in [-0.25, -0.2) is 0 Å². The largest absolute Gasteiger partial charge is 0.466 e. The topological polar surface area (TPSA) is 87.7 Å². The van der Waals surface area contributed by atoms with Crippen LogP contribution in [0.3, 0.4) is 0 Å². The molecular formula is C25H31N3O4S. The highest BCUT2D eigenvalue weighted by molar-refractivity contribution is 7.80. The minimum Gasteiger partial charge on any atom is -0.466 e. The molecule has 0 aliphatic carbocycles. The highest BCUT2D eigenvalue weighted by atomic mass is 32.1. The number of esters is 1. The summed E-state index contributed by atoms with van der Waals surface area (Å²) >= 11 is 5.19. The number of hydrogen-bond acceptors (Lipinski definition) is 5. The quantitative estimate of drug-likeness (QED) is 0.298. The number of hydrogen-bond donors (Lipinski definition) is 2. The smallest absolute Gasteiger partial charge is 0.306 e. The number of carbonyl (C=O) groups excluding carboxylic acids is 3. The lowest BCUT2D eigenvalue weighted by molar-refractivity contribution is -0.145. The summed E-state index contributed by atoms with van der Waals surface area (Å²) in [7, 11) is 3.46. The Balaban J connectivity index is 1.64. The van der Waals surface area contributed by atoms with E-state index in [1.54, 1.807) is 19.0 Å². The van der Waals surface area contributed by atoms with Crippen molar-refractivity contribution in [2.75, 3.05) is 26.0 Å². The molecule has 0 fully saturated rings. The van der Waals surface area contributed by atoms with Gasteiger partial charge in [-0.3, -0.25) is 14.4 Å². The Hall–Kier alpha value is -3.26. The molecule has 0 bridgehead atoms. The first-order valence-electron chi connectivity index (χ1n) is 10.9. The highest BCUT2D eigenvalue weighted by Gasteiger charge is 2.10. The number of rotatable bonds is 11. The zero-order valence-electron chi connectivity index (χ0n) is 19.1. The molecule has 2 N–H and O–H groups in total. The van der Waals surface area contributed by atoms with Crippen LogP contribution in [0.5, 0.6) is 0 Å². The molecule has 33 heavy (non-hydrogen) atoms. The van der Waals surface area contributed by atoms with Gasteiger partial charge in [-0.05, 0) is 54.7 Å². The standard InChI is InChI=1S/C25H31N3O4S/c1-28(2)23(30)15-13-20-10-6-12-21(18-20)26-25(33)27-22(29)14-16-24(31)32-17-7-11-19-8-4-3-5-9-19/h3-6,8-10,12,18H,7,11,13-17H2,1-2H3,(H2,26,27,29,33). The monoisotopic (exact) mass is 469 g/mol. The molecule has 0 spiro atoms. The van der Waals surface area contributed by atoms with E-state index in [-0.39, 0.29) is 29.8 Å². The van der Waals surface area contributed by atoms with E-state index in [1.807, 2.05) is 54.6 Å². The number of anilines is 1. The third-order valence-electron chi connectivity index (χ3n) is 4.84. The molecule has 2 aromatic carbocycles. The van der Waals surface area contributed by atoms with Crippen molar-refractivity contribution in [3.8, 4) is 0 Å². The van der Waals surface area contributed by atoms with Gasteiger partial charge in [0.2, 0.25) is 11.8 Å². The van der Waals surface area contributed by atoms with E-state index in [1.165, 1.54) is 5.56 Å². The van der Waals surface area contributed by atoms with Crippen LogP contribution in [0.15, 0.2) is 54.6 Å². The number of amides is 2. The normalized spacial score (nSPS) is 10.2. The first kappa shape index (κ1) is 26.0. The summed E-state index contributed by atoms with van der Waals surface area (Å²) in [6.45, 7) is 0.325. The SMILES string of the molecule is CN(C)C(=O)CCc1cccc(NC(=S)NC(=O)CCC(=O)OCCCc2ccccc2)c1. The fourth-order valence-corrected chi connectivity index (χ4v) is 3.26. The fourth-order valence-electron chi connectivity index (χ4n) is 3.03. The summed E-state index contributed by atoms with van der Waals surface area (Å²) in [4.78, 5) is 37.2. The summed E-state index contributed by atoms with van der Waals surface area (Å²) in [6, 6.07) is 17.5. The molecular weight excluding hydrogens is 438 g/mol. The van der Waals surface area contributed by atoms with Crippen molar-refractivity contribution in [2.24, 2.45) is 0 Å². The molecule has 0 heterocycles. The first-order valence-corrected chi connectivity index (χ1v) is 11.3. The van der Waals surface area contributed by atoms with Crippen molar-refractivity contribution < 1.29 is 19.1 Å². The molecule has 0 aliphatic rings. The molecule has 0 saturated heterocycles. The average molecular weight is 470 g/mol. The lowest BCUT2D eigenvalue weighted by Crippen LogP contribution is -2.34. The van der Waals surface area contributed by atoms with Crippen molar-refractivity contribution in [1.82, 2.24) is 10.2 Å². The summed E-state index contributed by atoms with van der Waals surface area (Å²) in [5, 5.41) is 5.68. The molecule has 0 aliphatic heterocycles. The van der Waals surface area contributed by atoms with Crippen LogP contribution in [0.25, 0.3) is 0 Å². The molecule has 0 radical (unpaired) electrons. The Morgan fingerprint density at radius 2 is 1.64 bits per heavy atom. The number of aryl methyl sites for hydroxylation is 2. The van der Waals surface area contributed by atoms with Gasteiger partial charge >= 0.3 is 5.97 Å². The van der Waals surface area contributed by atoms with Gasteiger partial charge in [0.15, 0.2) is 5.11 Å². The molecule has 0 saturated carbocycles. The third kappa shape index (κ3) is 10.7. The van der Waals surface area contributed by atoms with Crippen molar-refractivity contribution >= 4 is 40.8 Å². The Kier molecular flexibility index (Phi) is 11.0. The molecule has 0 aromatic heterocycles. The van der Waals surface area contributed by atoms with Gasteiger partial charge in [0, 0.05) is 32.6 Å². The molecule has 176 valence electrons. The van der Waals surface area contributed by atoms with E-state index in [9.17, 15) is 14.4 Å². The molecule has 2 amide bonds. The van der Waals surface area contributed by atoms with E-state index in [0.717, 1.165) is 18.4 Å². The number of nitrogens with one attached hydrogen (secondary N) is 2. The van der Waals surface area contributed by atoms with Crippen LogP contribution < -0.4 is 10.6 Å². The molecule has 0 atom stereocenters. The predicted molar refractivity (Wildman–Crippen MR) is 133 cm³/mol. The summed E-state index contributed by atoms with van der Waals surface area (Å²) in [5.41, 5.74) is 2.90. The van der Waals surface area contributed by atoms with E-state index in [2.05, 4.69) is 10.6 Å². The number of carbonyl (C=O) groups is 3. The Bertz CT molecular complexity index is 948. The number of benzene rings is 2. The zero-order chi connectivity index (χ0) is 24.1. The third-order valence-corrected chi connectivity index (χ3v) is 5.04. The van der Waals surface area contributed by atoms with Crippen molar-refractivity contribution in [1.29, 1.82) is 0 Å². The van der Waals surface area contributed by atoms with Crippen LogP contribution in [0.1, 0.15) is 36.8 Å². The molecule has 7 nitrogen and oxygen atoms in total. The van der Waals surface area contributed by atoms with Gasteiger partial charge in [-0.15, -0.1) is 0 Å². The lowest BCUT2D eigenvalue weighted by Gasteiger charge is -2.12. The van der Waals surface area contributed by atoms with Gasteiger partial charge in [0.05, 0.1) is 13.0 Å². The second-order valence-corrected chi connectivity index (χ2v) is 8.21. The summed E-state index contributed by atoms with van der Waals surface area (Å²) in [5.74, 6) is -0.704. The van der Waals surface area contributed by atoms with Crippen LogP contribution in [0, 0.1) is 0 Å². The van der Waals surface area contributed by atoms with Gasteiger partial charge < -0.3 is 20.3 Å². The molecule has 2 aromatic rings. The Morgan fingerprint density at radius 3 is 2.36 bits per heavy atom. The lowest BCUT2D eigenvalue weighted by atomic mass is 10.1. The fraction of sp³-hybridized carbons (Fsp3) is 0.360. The van der Waals surface area contributed by atoms with Crippen LogP contribution in [0.4, 0.5) is 5.69 Å². The second kappa shape index (κ2) is 14.0. The highest BCUT2D eigenvalue weighted by Crippen LogP contribution is 2.13. The van der Waals surface area contributed by atoms with E-state index in [0.29, 0.717) is 25.1 Å². The maximum absolute atomic E-state index is 12.1. The summed E-state index contributed by atoms with van der Waals surface area (Å²) in [6.07, 6.45) is 2.58. The maximum atomic E-state index is 12.1. The minimum absolute atomic E-state index is 0.00479. The van der Waals surface area contributed by atoms with Crippen molar-refractivity contribution in [2.45, 2.75) is 38.5 Å². The van der Waals surface area contributed by atoms with Crippen LogP contribution in [-0.2, 0) is 32.0 Å². The van der Waals surface area contributed by atoms with Crippen LogP contribution in [-0.4, -0.2) is 48.5 Å². The zero-order valence-corrected chi connectivity index (χ0v) is 20.0. The molecule has 8 heteroatoms. The summed E-state index contributed by atoms with van der Waals surface area (Å²) < 4.78 is 5.19. The average Bonchev–Trinajstić information content (AvgIpc) is 2.79. The maximum Gasteiger partial charge on any atom is 0.306 e. The predicted octanol–water partition coefficient (Wildman–Crippen LogP) is 3.48. The second-order valence-electron chi connectivity index (χ2n) is 7.80. The Morgan fingerprint density at radius 1 is 0.909 bits per heavy atom. The molecule has 2 rings (SSSR count). The number of thiocarbonyl (C=S) groups is 1. The van der Waals surface area contributed by atoms with Crippen molar-refractivity contribution in [3.05, 3.63) is 65.7 Å². The van der Waals surface area contributed by atoms with E-state index < -0.39 is 5.97 Å². The van der Waals surface area contributed by atoms with E-state index >= 15 is 0 Å². The van der Waals surface area contributed by atoms with Crippen molar-refractivity contribution in [3.63, 3.8) is 0 Å². The molecule has 0 unspecified atom stereocenters. The van der Waals surface area contributed by atoms with Gasteiger partial charge in [-0.1, -0.05) is 42.5 Å². The Labute approximate surface area is 200 Å². The van der Waals surface area contributed by atoms with Gasteiger partial charge in [0.25, 0.3) is 0 Å². The van der Waals surface area contributed by atoms with Gasteiger partial charge in [-0.2, -0.15) is 0 Å². The van der Waals surface area contributed by atoms with E-state index in [4.69, 9.17) is 17.0 Å². The van der Waals surface area contributed by atoms with Crippen LogP contribution >= 0.6 is 12.2 Å². The van der Waals surface area contributed by atoms with Gasteiger partial charge in [0.1, 0.15) is 0 Å². The minimum atomic E-state index is -0.405. The number of ether oxygens (including phenoxy) is 1. The van der Waals surface area contributed by atoms with Crippen LogP contribution in [0.2, 0.25) is 0 Å².